The number of hydrogen-bond donors (Lipinski definition) is 1. The van der Waals surface area contributed by atoms with Gasteiger partial charge in [-0.15, -0.1) is 0 Å². The first-order valence-corrected chi connectivity index (χ1v) is 11.4. The van der Waals surface area contributed by atoms with Crippen molar-refractivity contribution in [2.45, 2.75) is 38.5 Å². The van der Waals surface area contributed by atoms with E-state index in [-0.39, 0.29) is 31.1 Å². The van der Waals surface area contributed by atoms with Gasteiger partial charge in [0.2, 0.25) is 11.8 Å². The number of aliphatic hydroxyl groups is 1. The molecule has 2 fully saturated rings. The molecule has 32 heavy (non-hydrogen) atoms. The van der Waals surface area contributed by atoms with Gasteiger partial charge in [0.15, 0.2) is 0 Å². The van der Waals surface area contributed by atoms with Crippen LogP contribution < -0.4 is 0 Å². The summed E-state index contributed by atoms with van der Waals surface area (Å²) in [5, 5.41) is 10.7. The van der Waals surface area contributed by atoms with Crippen LogP contribution in [0.1, 0.15) is 25.6 Å². The number of nitrogens with zero attached hydrogens (tertiary/aromatic N) is 5. The Balaban J connectivity index is 1.26. The second-order valence-corrected chi connectivity index (χ2v) is 8.70. The molecule has 2 aromatic rings. The summed E-state index contributed by atoms with van der Waals surface area (Å²) in [6.07, 6.45) is 0.795. The van der Waals surface area contributed by atoms with Gasteiger partial charge in [0, 0.05) is 59.3 Å². The third kappa shape index (κ3) is 4.95. The van der Waals surface area contributed by atoms with Gasteiger partial charge in [0.05, 0.1) is 17.1 Å². The standard InChI is InChI=1S/C23H33N5O4/c1-17(29)26-11-13-27(14-12-26)20-7-9-28(10-8-21(20)30)23(31)16-32-15-22-24-18-5-3-4-6-19(18)25(22)2/h3-6,20-21,30H,7-16H2,1-2H3/t20-,21-/m0/s1. The maximum absolute atomic E-state index is 12.7. The number of hydrogen-bond acceptors (Lipinski definition) is 6. The van der Waals surface area contributed by atoms with E-state index < -0.39 is 6.10 Å². The summed E-state index contributed by atoms with van der Waals surface area (Å²) < 4.78 is 7.69. The number of rotatable bonds is 5. The summed E-state index contributed by atoms with van der Waals surface area (Å²) in [7, 11) is 1.95. The van der Waals surface area contributed by atoms with Crippen LogP contribution in [-0.4, -0.2) is 99.2 Å². The molecule has 1 aromatic carbocycles. The van der Waals surface area contributed by atoms with Gasteiger partial charge in [-0.05, 0) is 25.0 Å². The number of para-hydroxylation sites is 2. The lowest BCUT2D eigenvalue weighted by atomic mass is 10.0. The number of benzene rings is 1. The van der Waals surface area contributed by atoms with Crippen LogP contribution in [0.25, 0.3) is 11.0 Å². The molecule has 1 N–H and O–H groups in total. The Morgan fingerprint density at radius 1 is 1.06 bits per heavy atom. The molecule has 174 valence electrons. The van der Waals surface area contributed by atoms with Gasteiger partial charge < -0.3 is 24.2 Å². The predicted molar refractivity (Wildman–Crippen MR) is 120 cm³/mol. The van der Waals surface area contributed by atoms with Crippen molar-refractivity contribution in [3.8, 4) is 0 Å². The Kier molecular flexibility index (Phi) is 7.07. The second kappa shape index (κ2) is 9.97. The highest BCUT2D eigenvalue weighted by molar-refractivity contribution is 5.77. The predicted octanol–water partition coefficient (Wildman–Crippen LogP) is 0.606. The van der Waals surface area contributed by atoms with E-state index in [2.05, 4.69) is 9.88 Å². The van der Waals surface area contributed by atoms with Crippen molar-refractivity contribution in [1.82, 2.24) is 24.3 Å². The number of aliphatic hydroxyl groups excluding tert-OH is 1. The zero-order chi connectivity index (χ0) is 22.7. The lowest BCUT2D eigenvalue weighted by Crippen LogP contribution is -2.54. The average molecular weight is 444 g/mol. The molecule has 9 nitrogen and oxygen atoms in total. The Labute approximate surface area is 188 Å². The average Bonchev–Trinajstić information content (AvgIpc) is 2.98. The zero-order valence-electron chi connectivity index (χ0n) is 18.9. The number of piperazine rings is 1. The van der Waals surface area contributed by atoms with Gasteiger partial charge in [-0.2, -0.15) is 0 Å². The molecule has 2 amide bonds. The molecule has 2 atom stereocenters. The van der Waals surface area contributed by atoms with Crippen LogP contribution in [0.4, 0.5) is 0 Å². The molecule has 2 saturated heterocycles. The van der Waals surface area contributed by atoms with Crippen molar-refractivity contribution in [2.75, 3.05) is 45.9 Å². The Morgan fingerprint density at radius 2 is 1.78 bits per heavy atom. The summed E-state index contributed by atoms with van der Waals surface area (Å²) in [5.74, 6) is 0.828. The highest BCUT2D eigenvalue weighted by Gasteiger charge is 2.33. The maximum atomic E-state index is 12.7. The van der Waals surface area contributed by atoms with Gasteiger partial charge >= 0.3 is 0 Å². The van der Waals surface area contributed by atoms with Crippen LogP contribution in [0.5, 0.6) is 0 Å². The lowest BCUT2D eigenvalue weighted by Gasteiger charge is -2.40. The molecular formula is C23H33N5O4. The van der Waals surface area contributed by atoms with Crippen LogP contribution >= 0.6 is 0 Å². The van der Waals surface area contributed by atoms with Crippen molar-refractivity contribution >= 4 is 22.8 Å². The summed E-state index contributed by atoms with van der Waals surface area (Å²) >= 11 is 0. The quantitative estimate of drug-likeness (QED) is 0.728. The Hall–Kier alpha value is -2.49. The molecule has 0 saturated carbocycles. The van der Waals surface area contributed by atoms with Crippen molar-refractivity contribution in [3.63, 3.8) is 0 Å². The monoisotopic (exact) mass is 443 g/mol. The van der Waals surface area contributed by atoms with E-state index in [1.165, 1.54) is 0 Å². The number of fused-ring (bicyclic) bond motifs is 1. The van der Waals surface area contributed by atoms with Gasteiger partial charge in [0.25, 0.3) is 0 Å². The number of aromatic nitrogens is 2. The molecule has 3 heterocycles. The number of likely N-dealkylation sites (tertiary alicyclic amines) is 1. The first kappa shape index (κ1) is 22.7. The molecule has 4 rings (SSSR count). The van der Waals surface area contributed by atoms with Crippen LogP contribution in [0, 0.1) is 0 Å². The van der Waals surface area contributed by atoms with E-state index in [0.29, 0.717) is 32.6 Å². The van der Waals surface area contributed by atoms with Crippen molar-refractivity contribution in [1.29, 1.82) is 0 Å². The van der Waals surface area contributed by atoms with Gasteiger partial charge in [-0.1, -0.05) is 12.1 Å². The molecular weight excluding hydrogens is 410 g/mol. The SMILES string of the molecule is CC(=O)N1CCN([C@H]2CCN(C(=O)COCc3nc4ccccc4n3C)CC[C@@H]2O)CC1. The van der Waals surface area contributed by atoms with Gasteiger partial charge in [-0.3, -0.25) is 14.5 Å². The van der Waals surface area contributed by atoms with Crippen LogP contribution in [0.3, 0.4) is 0 Å². The highest BCUT2D eigenvalue weighted by Crippen LogP contribution is 2.20. The minimum atomic E-state index is -0.474. The van der Waals surface area contributed by atoms with E-state index >= 15 is 0 Å². The van der Waals surface area contributed by atoms with Crippen molar-refractivity contribution in [2.24, 2.45) is 7.05 Å². The number of imidazole rings is 1. The number of ether oxygens (including phenoxy) is 1. The van der Waals surface area contributed by atoms with E-state index in [9.17, 15) is 14.7 Å². The van der Waals surface area contributed by atoms with Gasteiger partial charge in [0.1, 0.15) is 19.0 Å². The van der Waals surface area contributed by atoms with E-state index in [0.717, 1.165) is 36.4 Å². The zero-order valence-corrected chi connectivity index (χ0v) is 18.9. The second-order valence-electron chi connectivity index (χ2n) is 8.70. The first-order valence-electron chi connectivity index (χ1n) is 11.4. The van der Waals surface area contributed by atoms with Crippen molar-refractivity contribution < 1.29 is 19.4 Å². The number of carbonyl (C=O) groups excluding carboxylic acids is 2. The number of carbonyl (C=O) groups is 2. The van der Waals surface area contributed by atoms with E-state index in [1.807, 2.05) is 40.8 Å². The fourth-order valence-electron chi connectivity index (χ4n) is 4.76. The van der Waals surface area contributed by atoms with Crippen LogP contribution in [-0.2, 0) is 28.0 Å². The van der Waals surface area contributed by atoms with E-state index in [1.54, 1.807) is 11.8 Å². The molecule has 0 unspecified atom stereocenters. The van der Waals surface area contributed by atoms with Crippen LogP contribution in [0.15, 0.2) is 24.3 Å². The largest absolute Gasteiger partial charge is 0.391 e. The van der Waals surface area contributed by atoms with Crippen LogP contribution in [0.2, 0.25) is 0 Å². The molecule has 2 aliphatic heterocycles. The molecule has 0 bridgehead atoms. The molecule has 9 heteroatoms. The smallest absolute Gasteiger partial charge is 0.248 e. The topological polar surface area (TPSA) is 91.1 Å². The maximum Gasteiger partial charge on any atom is 0.248 e. The summed E-state index contributed by atoms with van der Waals surface area (Å²) in [6.45, 7) is 5.90. The Morgan fingerprint density at radius 3 is 2.50 bits per heavy atom. The normalized spacial score (nSPS) is 22.8. The summed E-state index contributed by atoms with van der Waals surface area (Å²) in [6, 6.07) is 7.91. The third-order valence-corrected chi connectivity index (χ3v) is 6.75. The highest BCUT2D eigenvalue weighted by atomic mass is 16.5. The molecule has 2 aliphatic rings. The molecule has 0 radical (unpaired) electrons. The third-order valence-electron chi connectivity index (χ3n) is 6.75. The number of aryl methyl sites for hydroxylation is 1. The van der Waals surface area contributed by atoms with Gasteiger partial charge in [-0.25, -0.2) is 4.98 Å². The lowest BCUT2D eigenvalue weighted by molar-refractivity contribution is -0.136. The molecule has 1 aromatic heterocycles. The minimum absolute atomic E-state index is 0.00124. The molecule has 0 aliphatic carbocycles. The Bertz CT molecular complexity index is 953. The summed E-state index contributed by atoms with van der Waals surface area (Å²) in [5.41, 5.74) is 1.95. The van der Waals surface area contributed by atoms with E-state index in [4.69, 9.17) is 4.74 Å². The fraction of sp³-hybridized carbons (Fsp3) is 0.609. The number of amides is 2. The fourth-order valence-corrected chi connectivity index (χ4v) is 4.76. The molecule has 0 spiro atoms. The first-order chi connectivity index (χ1) is 15.4. The summed E-state index contributed by atoms with van der Waals surface area (Å²) in [4.78, 5) is 34.8. The van der Waals surface area contributed by atoms with Crippen molar-refractivity contribution in [3.05, 3.63) is 30.1 Å². The minimum Gasteiger partial charge on any atom is -0.391 e.